The summed E-state index contributed by atoms with van der Waals surface area (Å²) in [5, 5.41) is 22.8. The van der Waals surface area contributed by atoms with Crippen LogP contribution in [0.1, 0.15) is 19.3 Å². The quantitative estimate of drug-likeness (QED) is 0.406. The molecule has 0 atom stereocenters. The molecule has 1 fully saturated rings. The largest absolute Gasteiger partial charge is 0.396 e. The molecule has 1 aromatic carbocycles. The highest BCUT2D eigenvalue weighted by atomic mass is 16.6. The molecule has 0 amide bonds. The Kier molecular flexibility index (Phi) is 3.38. The number of aliphatic hydroxyl groups excluding tert-OH is 1. The lowest BCUT2D eigenvalue weighted by atomic mass is 10.0. The molecule has 0 radical (unpaired) electrons. The van der Waals surface area contributed by atoms with Gasteiger partial charge in [-0.15, -0.1) is 0 Å². The van der Waals surface area contributed by atoms with Crippen molar-refractivity contribution in [2.24, 2.45) is 5.41 Å². The van der Waals surface area contributed by atoms with Crippen LogP contribution < -0.4 is 11.1 Å². The highest BCUT2D eigenvalue weighted by Gasteiger charge is 2.41. The number of nitro benzene ring substituents is 1. The van der Waals surface area contributed by atoms with E-state index in [-0.39, 0.29) is 23.4 Å². The first-order valence-corrected chi connectivity index (χ1v) is 5.95. The Morgan fingerprint density at radius 3 is 2.72 bits per heavy atom. The van der Waals surface area contributed by atoms with Crippen LogP contribution in [0.4, 0.5) is 17.1 Å². The average Bonchev–Trinajstić information content (AvgIpc) is 3.07. The van der Waals surface area contributed by atoms with Crippen molar-refractivity contribution in [1.82, 2.24) is 0 Å². The van der Waals surface area contributed by atoms with Gasteiger partial charge in [-0.2, -0.15) is 0 Å². The van der Waals surface area contributed by atoms with Crippen LogP contribution >= 0.6 is 0 Å². The molecule has 2 rings (SSSR count). The van der Waals surface area contributed by atoms with E-state index in [0.29, 0.717) is 0 Å². The summed E-state index contributed by atoms with van der Waals surface area (Å²) in [6, 6.07) is 4.64. The Morgan fingerprint density at radius 2 is 2.22 bits per heavy atom. The van der Waals surface area contributed by atoms with Gasteiger partial charge in [0.15, 0.2) is 0 Å². The van der Waals surface area contributed by atoms with Crippen LogP contribution in [-0.4, -0.2) is 23.2 Å². The number of rotatable bonds is 6. The summed E-state index contributed by atoms with van der Waals surface area (Å²) in [6.45, 7) is 0.967. The second kappa shape index (κ2) is 4.81. The Morgan fingerprint density at radius 1 is 1.50 bits per heavy atom. The van der Waals surface area contributed by atoms with Crippen molar-refractivity contribution >= 4 is 17.1 Å². The normalized spacial score (nSPS) is 16.3. The van der Waals surface area contributed by atoms with E-state index in [1.807, 2.05) is 0 Å². The fraction of sp³-hybridized carbons (Fsp3) is 0.500. The van der Waals surface area contributed by atoms with Gasteiger partial charge in [0, 0.05) is 24.9 Å². The molecule has 18 heavy (non-hydrogen) atoms. The number of nitrogens with zero attached hydrogens (tertiary/aromatic N) is 1. The third-order valence-corrected chi connectivity index (χ3v) is 3.49. The maximum Gasteiger partial charge on any atom is 0.292 e. The van der Waals surface area contributed by atoms with Gasteiger partial charge < -0.3 is 16.2 Å². The number of nitrogen functional groups attached to an aromatic ring is 1. The van der Waals surface area contributed by atoms with Crippen molar-refractivity contribution in [3.05, 3.63) is 28.3 Å². The van der Waals surface area contributed by atoms with Crippen molar-refractivity contribution in [2.75, 3.05) is 24.2 Å². The van der Waals surface area contributed by atoms with Crippen LogP contribution in [0, 0.1) is 15.5 Å². The van der Waals surface area contributed by atoms with Crippen LogP contribution in [0.3, 0.4) is 0 Å². The van der Waals surface area contributed by atoms with Crippen LogP contribution in [0.2, 0.25) is 0 Å². The highest BCUT2D eigenvalue weighted by molar-refractivity contribution is 5.65. The molecule has 0 heterocycles. The van der Waals surface area contributed by atoms with Crippen molar-refractivity contribution in [1.29, 1.82) is 0 Å². The van der Waals surface area contributed by atoms with Gasteiger partial charge >= 0.3 is 0 Å². The number of aliphatic hydroxyl groups is 1. The minimum Gasteiger partial charge on any atom is -0.396 e. The Labute approximate surface area is 105 Å². The topological polar surface area (TPSA) is 101 Å². The molecule has 1 aliphatic carbocycles. The molecule has 0 spiro atoms. The maximum atomic E-state index is 10.6. The molecule has 0 saturated heterocycles. The SMILES string of the molecule is Nc1cc(NCC2(CCO)CC2)ccc1[N+](=O)[O-]. The number of nitrogens with two attached hydrogens (primary N) is 1. The van der Waals surface area contributed by atoms with Crippen LogP contribution in [0.15, 0.2) is 18.2 Å². The van der Waals surface area contributed by atoms with E-state index in [1.165, 1.54) is 6.07 Å². The molecule has 0 aliphatic heterocycles. The van der Waals surface area contributed by atoms with E-state index in [2.05, 4.69) is 5.32 Å². The predicted octanol–water partition coefficient (Wildman–Crippen LogP) is 1.75. The number of anilines is 2. The Balaban J connectivity index is 1.98. The molecule has 1 aliphatic rings. The van der Waals surface area contributed by atoms with Crippen molar-refractivity contribution in [3.63, 3.8) is 0 Å². The minimum atomic E-state index is -0.493. The second-order valence-electron chi connectivity index (χ2n) is 4.86. The lowest BCUT2D eigenvalue weighted by molar-refractivity contribution is -0.383. The number of nitrogens with one attached hydrogen (secondary N) is 1. The average molecular weight is 251 g/mol. The van der Waals surface area contributed by atoms with E-state index >= 15 is 0 Å². The summed E-state index contributed by atoms with van der Waals surface area (Å²) in [5.74, 6) is 0. The third-order valence-electron chi connectivity index (χ3n) is 3.49. The first-order chi connectivity index (χ1) is 8.56. The van der Waals surface area contributed by atoms with E-state index in [9.17, 15) is 10.1 Å². The zero-order chi connectivity index (χ0) is 13.2. The monoisotopic (exact) mass is 251 g/mol. The molecule has 0 aromatic heterocycles. The molecule has 4 N–H and O–H groups in total. The Bertz CT molecular complexity index is 458. The lowest BCUT2D eigenvalue weighted by Crippen LogP contribution is -2.16. The smallest absolute Gasteiger partial charge is 0.292 e. The number of hydrogen-bond acceptors (Lipinski definition) is 5. The van der Waals surface area contributed by atoms with E-state index < -0.39 is 4.92 Å². The van der Waals surface area contributed by atoms with Gasteiger partial charge in [-0.1, -0.05) is 0 Å². The third kappa shape index (κ3) is 2.70. The van der Waals surface area contributed by atoms with E-state index in [4.69, 9.17) is 10.8 Å². The van der Waals surface area contributed by atoms with Gasteiger partial charge in [0.25, 0.3) is 5.69 Å². The first kappa shape index (κ1) is 12.6. The predicted molar refractivity (Wildman–Crippen MR) is 69.4 cm³/mol. The lowest BCUT2D eigenvalue weighted by Gasteiger charge is -2.15. The standard InChI is InChI=1S/C12H17N3O3/c13-10-7-9(1-2-11(10)15(17)18)14-8-12(3-4-12)5-6-16/h1-2,7,14,16H,3-6,8,13H2. The molecule has 0 bridgehead atoms. The van der Waals surface area contributed by atoms with Gasteiger partial charge in [-0.05, 0) is 36.8 Å². The first-order valence-electron chi connectivity index (χ1n) is 5.95. The van der Waals surface area contributed by atoms with Crippen LogP contribution in [-0.2, 0) is 0 Å². The fourth-order valence-corrected chi connectivity index (χ4v) is 2.05. The van der Waals surface area contributed by atoms with Crippen LogP contribution in [0.25, 0.3) is 0 Å². The molecule has 6 heteroatoms. The minimum absolute atomic E-state index is 0.0722. The maximum absolute atomic E-state index is 10.6. The number of hydrogen-bond donors (Lipinski definition) is 3. The summed E-state index contributed by atoms with van der Waals surface area (Å²) in [6.07, 6.45) is 3.02. The van der Waals surface area contributed by atoms with Crippen molar-refractivity contribution in [2.45, 2.75) is 19.3 Å². The molecule has 6 nitrogen and oxygen atoms in total. The summed E-state index contributed by atoms with van der Waals surface area (Å²) in [5.41, 5.74) is 6.69. The zero-order valence-corrected chi connectivity index (χ0v) is 10.1. The molecule has 0 unspecified atom stereocenters. The van der Waals surface area contributed by atoms with Crippen molar-refractivity contribution in [3.8, 4) is 0 Å². The zero-order valence-electron chi connectivity index (χ0n) is 10.1. The molecule has 98 valence electrons. The van der Waals surface area contributed by atoms with Crippen LogP contribution in [0.5, 0.6) is 0 Å². The van der Waals surface area contributed by atoms with Gasteiger partial charge in [0.2, 0.25) is 0 Å². The van der Waals surface area contributed by atoms with E-state index in [0.717, 1.165) is 31.5 Å². The molecular weight excluding hydrogens is 234 g/mol. The van der Waals surface area contributed by atoms with Crippen molar-refractivity contribution < 1.29 is 10.0 Å². The summed E-state index contributed by atoms with van der Waals surface area (Å²) in [4.78, 5) is 10.1. The van der Waals surface area contributed by atoms with Gasteiger partial charge in [-0.3, -0.25) is 10.1 Å². The van der Waals surface area contributed by atoms with Gasteiger partial charge in [0.1, 0.15) is 5.69 Å². The van der Waals surface area contributed by atoms with Gasteiger partial charge in [-0.25, -0.2) is 0 Å². The number of nitro groups is 1. The molecular formula is C12H17N3O3. The van der Waals surface area contributed by atoms with Gasteiger partial charge in [0.05, 0.1) is 4.92 Å². The van der Waals surface area contributed by atoms with E-state index in [1.54, 1.807) is 12.1 Å². The molecule has 1 saturated carbocycles. The summed E-state index contributed by atoms with van der Waals surface area (Å²) < 4.78 is 0. The highest BCUT2D eigenvalue weighted by Crippen LogP contribution is 2.48. The molecule has 1 aromatic rings. The number of benzene rings is 1. The summed E-state index contributed by atoms with van der Waals surface area (Å²) in [7, 11) is 0. The second-order valence-corrected chi connectivity index (χ2v) is 4.86. The fourth-order valence-electron chi connectivity index (χ4n) is 2.05. The summed E-state index contributed by atoms with van der Waals surface area (Å²) >= 11 is 0. The Hall–Kier alpha value is -1.82.